The van der Waals surface area contributed by atoms with Gasteiger partial charge in [-0.3, -0.25) is 4.79 Å². The summed E-state index contributed by atoms with van der Waals surface area (Å²) in [6.07, 6.45) is 1.32. The van der Waals surface area contributed by atoms with Gasteiger partial charge < -0.3 is 15.8 Å². The molecular weight excluding hydrogens is 212 g/mol. The minimum absolute atomic E-state index is 0.0365. The number of amidine groups is 1. The highest BCUT2D eigenvalue weighted by Crippen LogP contribution is 2.04. The van der Waals surface area contributed by atoms with Crippen molar-refractivity contribution in [3.63, 3.8) is 0 Å². The van der Waals surface area contributed by atoms with Gasteiger partial charge in [-0.25, -0.2) is 0 Å². The first-order chi connectivity index (χ1) is 7.56. The van der Waals surface area contributed by atoms with E-state index in [1.807, 2.05) is 13.8 Å². The minimum Gasteiger partial charge on any atom is -0.409 e. The van der Waals surface area contributed by atoms with Crippen LogP contribution in [0.3, 0.4) is 0 Å². The third-order valence-electron chi connectivity index (χ3n) is 1.98. The van der Waals surface area contributed by atoms with Crippen LogP contribution in [0.5, 0.6) is 0 Å². The number of carbonyl (C=O) groups excluding carboxylic acids is 1. The molecule has 1 amide bonds. The maximum absolute atomic E-state index is 11.9. The van der Waals surface area contributed by atoms with E-state index in [4.69, 9.17) is 10.9 Å². The van der Waals surface area contributed by atoms with Crippen LogP contribution in [0.25, 0.3) is 0 Å². The van der Waals surface area contributed by atoms with Crippen LogP contribution in [-0.2, 0) is 0 Å². The number of aromatic amines is 1. The molecule has 88 valence electrons. The van der Waals surface area contributed by atoms with Crippen molar-refractivity contribution in [3.05, 3.63) is 11.9 Å². The second kappa shape index (κ2) is 5.10. The lowest BCUT2D eigenvalue weighted by Gasteiger charge is -2.24. The first-order valence-corrected chi connectivity index (χ1v) is 4.69. The summed E-state index contributed by atoms with van der Waals surface area (Å²) < 4.78 is 0. The van der Waals surface area contributed by atoms with Gasteiger partial charge in [0.1, 0.15) is 0 Å². The van der Waals surface area contributed by atoms with Crippen molar-refractivity contribution in [2.75, 3.05) is 6.54 Å². The van der Waals surface area contributed by atoms with Gasteiger partial charge in [-0.2, -0.15) is 15.4 Å². The minimum atomic E-state index is -0.324. The molecule has 0 saturated carbocycles. The third kappa shape index (κ3) is 2.69. The molecule has 0 atom stereocenters. The van der Waals surface area contributed by atoms with Gasteiger partial charge in [0.15, 0.2) is 11.5 Å². The van der Waals surface area contributed by atoms with Gasteiger partial charge in [-0.15, -0.1) is 0 Å². The van der Waals surface area contributed by atoms with E-state index in [0.717, 1.165) is 0 Å². The molecule has 0 fully saturated rings. The summed E-state index contributed by atoms with van der Waals surface area (Å²) in [5.41, 5.74) is 5.56. The number of nitrogens with one attached hydrogen (secondary N) is 1. The van der Waals surface area contributed by atoms with Gasteiger partial charge >= 0.3 is 0 Å². The maximum Gasteiger partial charge on any atom is 0.276 e. The first-order valence-electron chi connectivity index (χ1n) is 4.69. The van der Waals surface area contributed by atoms with E-state index in [0.29, 0.717) is 0 Å². The number of oxime groups is 1. The molecule has 16 heavy (non-hydrogen) atoms. The number of nitrogens with two attached hydrogens (primary N) is 1. The molecule has 0 aliphatic carbocycles. The van der Waals surface area contributed by atoms with E-state index in [-0.39, 0.29) is 30.0 Å². The van der Waals surface area contributed by atoms with Crippen LogP contribution < -0.4 is 5.73 Å². The summed E-state index contributed by atoms with van der Waals surface area (Å²) in [5.74, 6) is -0.360. The van der Waals surface area contributed by atoms with Crippen LogP contribution in [-0.4, -0.2) is 49.8 Å². The molecule has 8 heteroatoms. The lowest BCUT2D eigenvalue weighted by Crippen LogP contribution is -2.43. The fourth-order valence-electron chi connectivity index (χ4n) is 1.15. The summed E-state index contributed by atoms with van der Waals surface area (Å²) in [6.45, 7) is 3.69. The van der Waals surface area contributed by atoms with Gasteiger partial charge in [-0.1, -0.05) is 5.16 Å². The molecule has 0 aliphatic rings. The number of amides is 1. The quantitative estimate of drug-likeness (QED) is 0.274. The number of hydrogen-bond acceptors (Lipinski definition) is 5. The Morgan fingerprint density at radius 1 is 1.75 bits per heavy atom. The van der Waals surface area contributed by atoms with Crippen LogP contribution >= 0.6 is 0 Å². The van der Waals surface area contributed by atoms with Gasteiger partial charge in [0.2, 0.25) is 0 Å². The fourth-order valence-corrected chi connectivity index (χ4v) is 1.15. The Kier molecular flexibility index (Phi) is 3.81. The van der Waals surface area contributed by atoms with Crippen LogP contribution in [0.1, 0.15) is 24.3 Å². The monoisotopic (exact) mass is 226 g/mol. The topological polar surface area (TPSA) is 120 Å². The second-order valence-corrected chi connectivity index (χ2v) is 3.47. The van der Waals surface area contributed by atoms with Gasteiger partial charge in [0, 0.05) is 6.04 Å². The number of nitrogens with zero attached hydrogens (tertiary/aromatic N) is 4. The predicted molar refractivity (Wildman–Crippen MR) is 56.0 cm³/mol. The number of aromatic nitrogens is 3. The van der Waals surface area contributed by atoms with Crippen molar-refractivity contribution in [1.29, 1.82) is 0 Å². The summed E-state index contributed by atoms with van der Waals surface area (Å²) in [7, 11) is 0. The Morgan fingerprint density at radius 3 is 2.88 bits per heavy atom. The van der Waals surface area contributed by atoms with Crippen molar-refractivity contribution in [2.24, 2.45) is 10.9 Å². The second-order valence-electron chi connectivity index (χ2n) is 3.47. The molecule has 1 aromatic heterocycles. The molecule has 1 aromatic rings. The Bertz CT molecular complexity index is 372. The van der Waals surface area contributed by atoms with Gasteiger partial charge in [-0.05, 0) is 13.8 Å². The largest absolute Gasteiger partial charge is 0.409 e. The van der Waals surface area contributed by atoms with E-state index in [2.05, 4.69) is 20.6 Å². The Labute approximate surface area is 92.1 Å². The van der Waals surface area contributed by atoms with Crippen LogP contribution in [0.4, 0.5) is 0 Å². The summed E-state index contributed by atoms with van der Waals surface area (Å²) >= 11 is 0. The molecule has 1 heterocycles. The smallest absolute Gasteiger partial charge is 0.276 e. The Hall–Kier alpha value is -2.12. The molecule has 8 nitrogen and oxygen atoms in total. The number of carbonyl (C=O) groups is 1. The zero-order chi connectivity index (χ0) is 12.1. The molecular formula is C8H14N6O2. The maximum atomic E-state index is 11.9. The van der Waals surface area contributed by atoms with Crippen molar-refractivity contribution >= 4 is 11.7 Å². The zero-order valence-electron chi connectivity index (χ0n) is 9.08. The molecule has 0 saturated heterocycles. The molecule has 0 bridgehead atoms. The SMILES string of the molecule is CC(C)N(CC(N)=NO)C(=O)c1cn[nH]n1. The summed E-state index contributed by atoms with van der Waals surface area (Å²) in [6, 6.07) is -0.0931. The van der Waals surface area contributed by atoms with Gasteiger partial charge in [0.05, 0.1) is 12.7 Å². The molecule has 0 aliphatic heterocycles. The lowest BCUT2D eigenvalue weighted by molar-refractivity contribution is 0.0728. The molecule has 1 rings (SSSR count). The van der Waals surface area contributed by atoms with E-state index in [1.165, 1.54) is 11.1 Å². The van der Waals surface area contributed by atoms with E-state index < -0.39 is 0 Å². The fraction of sp³-hybridized carbons (Fsp3) is 0.500. The van der Waals surface area contributed by atoms with Crippen molar-refractivity contribution < 1.29 is 10.0 Å². The molecule has 0 radical (unpaired) electrons. The van der Waals surface area contributed by atoms with Crippen molar-refractivity contribution in [1.82, 2.24) is 20.3 Å². The summed E-state index contributed by atoms with van der Waals surface area (Å²) in [4.78, 5) is 13.3. The Balaban J connectivity index is 2.82. The summed E-state index contributed by atoms with van der Waals surface area (Å²) in [5, 5.41) is 20.9. The standard InChI is InChI=1S/C8H14N6O2/c1-5(2)14(4-7(9)12-16)8(15)6-3-10-13-11-6/h3,5,16H,4H2,1-2H3,(H2,9,12)(H,10,11,13). The molecule has 0 unspecified atom stereocenters. The number of rotatable bonds is 4. The Morgan fingerprint density at radius 2 is 2.44 bits per heavy atom. The first kappa shape index (κ1) is 12.0. The molecule has 0 aromatic carbocycles. The molecule has 4 N–H and O–H groups in total. The predicted octanol–water partition coefficient (Wildman–Crippen LogP) is -0.598. The zero-order valence-corrected chi connectivity index (χ0v) is 9.08. The van der Waals surface area contributed by atoms with Gasteiger partial charge in [0.25, 0.3) is 5.91 Å². The average Bonchev–Trinajstić information content (AvgIpc) is 2.77. The lowest BCUT2D eigenvalue weighted by atomic mass is 10.2. The highest BCUT2D eigenvalue weighted by molar-refractivity contribution is 5.95. The van der Waals surface area contributed by atoms with E-state index >= 15 is 0 Å². The highest BCUT2D eigenvalue weighted by Gasteiger charge is 2.21. The normalized spacial score (nSPS) is 11.8. The van der Waals surface area contributed by atoms with Crippen LogP contribution in [0, 0.1) is 0 Å². The van der Waals surface area contributed by atoms with Crippen molar-refractivity contribution in [3.8, 4) is 0 Å². The molecule has 0 spiro atoms. The third-order valence-corrected chi connectivity index (χ3v) is 1.98. The highest BCUT2D eigenvalue weighted by atomic mass is 16.4. The average molecular weight is 226 g/mol. The number of hydrogen-bond donors (Lipinski definition) is 3. The van der Waals surface area contributed by atoms with Crippen LogP contribution in [0.15, 0.2) is 11.4 Å². The van der Waals surface area contributed by atoms with Crippen molar-refractivity contribution in [2.45, 2.75) is 19.9 Å². The van der Waals surface area contributed by atoms with E-state index in [9.17, 15) is 4.79 Å². The van der Waals surface area contributed by atoms with E-state index in [1.54, 1.807) is 0 Å². The van der Waals surface area contributed by atoms with Crippen LogP contribution in [0.2, 0.25) is 0 Å². The number of H-pyrrole nitrogens is 1.